The Bertz CT molecular complexity index is 1260. The number of pyridine rings is 1. The SMILES string of the molecule is CS(=O)(=O)Nc1cccc(-c2ccc3ncnc(NCc4cccnc4)c3c2)c1. The van der Waals surface area contributed by atoms with Gasteiger partial charge in [-0.3, -0.25) is 9.71 Å². The van der Waals surface area contributed by atoms with Crippen LogP contribution in [0.3, 0.4) is 0 Å². The molecule has 2 N–H and O–H groups in total. The van der Waals surface area contributed by atoms with Crippen LogP contribution in [0.15, 0.2) is 73.3 Å². The van der Waals surface area contributed by atoms with E-state index in [1.165, 1.54) is 6.33 Å². The molecule has 8 heteroatoms. The Morgan fingerprint density at radius 3 is 2.62 bits per heavy atom. The minimum absolute atomic E-state index is 0.518. The molecule has 0 saturated heterocycles. The van der Waals surface area contributed by atoms with Crippen LogP contribution in [0.2, 0.25) is 0 Å². The number of aromatic nitrogens is 3. The molecule has 0 aliphatic carbocycles. The molecule has 0 aliphatic rings. The molecule has 0 radical (unpaired) electrons. The Morgan fingerprint density at radius 1 is 0.966 bits per heavy atom. The van der Waals surface area contributed by atoms with Gasteiger partial charge in [0, 0.05) is 30.0 Å². The lowest BCUT2D eigenvalue weighted by Crippen LogP contribution is -2.09. The van der Waals surface area contributed by atoms with E-state index in [4.69, 9.17) is 0 Å². The van der Waals surface area contributed by atoms with Gasteiger partial charge >= 0.3 is 0 Å². The summed E-state index contributed by atoms with van der Waals surface area (Å²) in [5, 5.41) is 4.23. The predicted octanol–water partition coefficient (Wildman–Crippen LogP) is 3.68. The smallest absolute Gasteiger partial charge is 0.229 e. The maximum absolute atomic E-state index is 11.5. The van der Waals surface area contributed by atoms with Crippen molar-refractivity contribution in [3.8, 4) is 11.1 Å². The van der Waals surface area contributed by atoms with Gasteiger partial charge in [-0.2, -0.15) is 0 Å². The highest BCUT2D eigenvalue weighted by Gasteiger charge is 2.08. The molecule has 2 aromatic heterocycles. The third kappa shape index (κ3) is 4.67. The van der Waals surface area contributed by atoms with Gasteiger partial charge in [0.1, 0.15) is 12.1 Å². The van der Waals surface area contributed by atoms with E-state index in [-0.39, 0.29) is 0 Å². The molecule has 146 valence electrons. The molecular weight excluding hydrogens is 386 g/mol. The van der Waals surface area contributed by atoms with Crippen molar-refractivity contribution in [2.45, 2.75) is 6.54 Å². The van der Waals surface area contributed by atoms with Crippen molar-refractivity contribution in [3.63, 3.8) is 0 Å². The van der Waals surface area contributed by atoms with Gasteiger partial charge in [-0.15, -0.1) is 0 Å². The zero-order valence-electron chi connectivity index (χ0n) is 15.7. The van der Waals surface area contributed by atoms with Gasteiger partial charge in [0.05, 0.1) is 11.8 Å². The molecule has 0 spiro atoms. The van der Waals surface area contributed by atoms with Crippen molar-refractivity contribution in [3.05, 3.63) is 78.9 Å². The average Bonchev–Trinajstić information content (AvgIpc) is 2.71. The lowest BCUT2D eigenvalue weighted by Gasteiger charge is -2.11. The number of hydrogen-bond donors (Lipinski definition) is 2. The molecule has 2 aromatic carbocycles. The maximum atomic E-state index is 11.5. The van der Waals surface area contributed by atoms with Gasteiger partial charge in [-0.1, -0.05) is 24.3 Å². The van der Waals surface area contributed by atoms with E-state index >= 15 is 0 Å². The molecule has 0 unspecified atom stereocenters. The number of nitrogens with one attached hydrogen (secondary N) is 2. The molecule has 29 heavy (non-hydrogen) atoms. The number of nitrogens with zero attached hydrogens (tertiary/aromatic N) is 3. The van der Waals surface area contributed by atoms with Gasteiger partial charge in [0.25, 0.3) is 0 Å². The lowest BCUT2D eigenvalue weighted by molar-refractivity contribution is 0.607. The molecule has 2 heterocycles. The summed E-state index contributed by atoms with van der Waals surface area (Å²) in [7, 11) is -3.34. The zero-order chi connectivity index (χ0) is 20.3. The van der Waals surface area contributed by atoms with E-state index in [0.29, 0.717) is 12.2 Å². The van der Waals surface area contributed by atoms with Gasteiger partial charge in [-0.25, -0.2) is 18.4 Å². The fourth-order valence-corrected chi connectivity index (χ4v) is 3.60. The summed E-state index contributed by atoms with van der Waals surface area (Å²) in [6.07, 6.45) is 6.21. The number of anilines is 2. The van der Waals surface area contributed by atoms with Crippen LogP contribution in [0.1, 0.15) is 5.56 Å². The fourth-order valence-electron chi connectivity index (χ4n) is 3.04. The third-order valence-electron chi connectivity index (χ3n) is 4.32. The molecule has 0 aliphatic heterocycles. The lowest BCUT2D eigenvalue weighted by atomic mass is 10.0. The second-order valence-electron chi connectivity index (χ2n) is 6.62. The second kappa shape index (κ2) is 7.84. The molecule has 7 nitrogen and oxygen atoms in total. The van der Waals surface area contributed by atoms with Crippen molar-refractivity contribution >= 4 is 32.4 Å². The highest BCUT2D eigenvalue weighted by molar-refractivity contribution is 7.92. The average molecular weight is 405 g/mol. The van der Waals surface area contributed by atoms with Gasteiger partial charge in [-0.05, 0) is 47.0 Å². The van der Waals surface area contributed by atoms with Crippen LogP contribution in [0, 0.1) is 0 Å². The first kappa shape index (κ1) is 18.8. The second-order valence-corrected chi connectivity index (χ2v) is 8.37. The fraction of sp³-hybridized carbons (Fsp3) is 0.0952. The summed E-state index contributed by atoms with van der Waals surface area (Å²) in [5.74, 6) is 0.728. The van der Waals surface area contributed by atoms with E-state index in [2.05, 4.69) is 25.0 Å². The molecule has 0 bridgehead atoms. The Morgan fingerprint density at radius 2 is 1.83 bits per heavy atom. The van der Waals surface area contributed by atoms with Crippen LogP contribution in [-0.2, 0) is 16.6 Å². The Kier molecular flexibility index (Phi) is 5.09. The molecule has 0 amide bonds. The first-order chi connectivity index (χ1) is 14.0. The van der Waals surface area contributed by atoms with Crippen molar-refractivity contribution in [2.24, 2.45) is 0 Å². The first-order valence-corrected chi connectivity index (χ1v) is 10.8. The summed E-state index contributed by atoms with van der Waals surface area (Å²) in [4.78, 5) is 12.9. The van der Waals surface area contributed by atoms with E-state index in [0.717, 1.165) is 39.7 Å². The summed E-state index contributed by atoms with van der Waals surface area (Å²) in [5.41, 5.74) is 4.22. The van der Waals surface area contributed by atoms with E-state index in [1.54, 1.807) is 18.3 Å². The van der Waals surface area contributed by atoms with Gasteiger partial charge < -0.3 is 5.32 Å². The topological polar surface area (TPSA) is 96.9 Å². The number of fused-ring (bicyclic) bond motifs is 1. The number of benzene rings is 2. The minimum atomic E-state index is -3.34. The van der Waals surface area contributed by atoms with Gasteiger partial charge in [0.15, 0.2) is 0 Å². The minimum Gasteiger partial charge on any atom is -0.365 e. The van der Waals surface area contributed by atoms with Crippen LogP contribution < -0.4 is 10.0 Å². The van der Waals surface area contributed by atoms with Crippen molar-refractivity contribution < 1.29 is 8.42 Å². The highest BCUT2D eigenvalue weighted by atomic mass is 32.2. The van der Waals surface area contributed by atoms with Crippen LogP contribution in [-0.4, -0.2) is 29.6 Å². The summed E-state index contributed by atoms with van der Waals surface area (Å²) < 4.78 is 25.5. The van der Waals surface area contributed by atoms with Crippen molar-refractivity contribution in [1.82, 2.24) is 15.0 Å². The van der Waals surface area contributed by atoms with Crippen molar-refractivity contribution in [1.29, 1.82) is 0 Å². The molecule has 0 atom stereocenters. The van der Waals surface area contributed by atoms with Crippen LogP contribution in [0.5, 0.6) is 0 Å². The summed E-state index contributed by atoms with van der Waals surface area (Å²) in [6, 6.07) is 17.0. The first-order valence-electron chi connectivity index (χ1n) is 8.94. The predicted molar refractivity (Wildman–Crippen MR) is 115 cm³/mol. The van der Waals surface area contributed by atoms with Gasteiger partial charge in [0.2, 0.25) is 10.0 Å². The normalized spacial score (nSPS) is 11.3. The van der Waals surface area contributed by atoms with Crippen LogP contribution in [0.25, 0.3) is 22.0 Å². The Hall–Kier alpha value is -3.52. The molecule has 4 rings (SSSR count). The largest absolute Gasteiger partial charge is 0.365 e. The zero-order valence-corrected chi connectivity index (χ0v) is 16.5. The number of sulfonamides is 1. The van der Waals surface area contributed by atoms with Crippen molar-refractivity contribution in [2.75, 3.05) is 16.3 Å². The van der Waals surface area contributed by atoms with E-state index < -0.39 is 10.0 Å². The monoisotopic (exact) mass is 405 g/mol. The number of hydrogen-bond acceptors (Lipinski definition) is 6. The van der Waals surface area contributed by atoms with E-state index in [9.17, 15) is 8.42 Å². The quantitative estimate of drug-likeness (QED) is 0.508. The molecule has 0 fully saturated rings. The maximum Gasteiger partial charge on any atom is 0.229 e. The molecule has 0 saturated carbocycles. The molecular formula is C21H19N5O2S. The molecule has 4 aromatic rings. The Balaban J connectivity index is 1.67. The Labute approximate surface area is 168 Å². The third-order valence-corrected chi connectivity index (χ3v) is 4.92. The van der Waals surface area contributed by atoms with Crippen LogP contribution >= 0.6 is 0 Å². The summed E-state index contributed by atoms with van der Waals surface area (Å²) in [6.45, 7) is 0.595. The van der Waals surface area contributed by atoms with E-state index in [1.807, 2.05) is 48.7 Å². The number of rotatable bonds is 6. The summed E-state index contributed by atoms with van der Waals surface area (Å²) >= 11 is 0. The van der Waals surface area contributed by atoms with Crippen LogP contribution in [0.4, 0.5) is 11.5 Å². The standard InChI is InChI=1S/C21H19N5O2S/c1-29(27,28)26-18-6-2-5-16(10-18)17-7-8-20-19(11-17)21(25-14-24-20)23-13-15-4-3-9-22-12-15/h2-12,14,26H,13H2,1H3,(H,23,24,25). The highest BCUT2D eigenvalue weighted by Crippen LogP contribution is 2.28.